The van der Waals surface area contributed by atoms with Crippen LogP contribution in [-0.2, 0) is 4.79 Å². The zero-order valence-corrected chi connectivity index (χ0v) is 8.09. The van der Waals surface area contributed by atoms with Gasteiger partial charge in [-0.3, -0.25) is 4.79 Å². The van der Waals surface area contributed by atoms with E-state index in [1.807, 2.05) is 4.90 Å². The van der Waals surface area contributed by atoms with Crippen LogP contribution in [0, 0.1) is 0 Å². The van der Waals surface area contributed by atoms with Crippen LogP contribution in [0.2, 0.25) is 0 Å². The topological polar surface area (TPSA) is 46.3 Å². The highest BCUT2D eigenvalue weighted by atomic mass is 32.1. The number of nitrogens with zero attached hydrogens (tertiary/aromatic N) is 1. The van der Waals surface area contributed by atoms with Crippen molar-refractivity contribution >= 4 is 18.5 Å². The Balaban J connectivity index is 2.35. The molecule has 0 saturated carbocycles. The maximum atomic E-state index is 11.4. The molecule has 1 aliphatic rings. The summed E-state index contributed by atoms with van der Waals surface area (Å²) in [4.78, 5) is 13.2. The molecule has 0 spiro atoms. The maximum absolute atomic E-state index is 11.4. The van der Waals surface area contributed by atoms with E-state index in [0.717, 1.165) is 25.9 Å². The van der Waals surface area contributed by atoms with E-state index < -0.39 is 0 Å². The average molecular weight is 188 g/mol. The zero-order chi connectivity index (χ0) is 8.97. The summed E-state index contributed by atoms with van der Waals surface area (Å²) < 4.78 is 0. The van der Waals surface area contributed by atoms with Crippen LogP contribution in [0.1, 0.15) is 19.3 Å². The quantitative estimate of drug-likeness (QED) is 0.610. The van der Waals surface area contributed by atoms with Gasteiger partial charge in [-0.05, 0) is 18.6 Å². The molecule has 0 bridgehead atoms. The summed E-state index contributed by atoms with van der Waals surface area (Å²) in [6.07, 6.45) is 2.62. The third-order valence-corrected chi connectivity index (χ3v) is 2.36. The van der Waals surface area contributed by atoms with Crippen LogP contribution in [0.15, 0.2) is 0 Å². The normalized spacial score (nSPS) is 24.2. The van der Waals surface area contributed by atoms with Crippen molar-refractivity contribution < 1.29 is 4.79 Å². The number of hydrogen-bond donors (Lipinski definition) is 2. The molecule has 1 saturated heterocycles. The van der Waals surface area contributed by atoms with Crippen molar-refractivity contribution in [2.45, 2.75) is 25.3 Å². The molecule has 12 heavy (non-hydrogen) atoms. The minimum absolute atomic E-state index is 0.183. The molecule has 70 valence electrons. The van der Waals surface area contributed by atoms with Crippen LogP contribution >= 0.6 is 12.6 Å². The highest BCUT2D eigenvalue weighted by Gasteiger charge is 2.19. The highest BCUT2D eigenvalue weighted by molar-refractivity contribution is 7.80. The molecular formula is C8H16N2OS. The van der Waals surface area contributed by atoms with Crippen molar-refractivity contribution in [3.8, 4) is 0 Å². The number of piperidine rings is 1. The van der Waals surface area contributed by atoms with Crippen LogP contribution in [0.4, 0.5) is 0 Å². The van der Waals surface area contributed by atoms with E-state index in [0.29, 0.717) is 12.2 Å². The summed E-state index contributed by atoms with van der Waals surface area (Å²) in [5.41, 5.74) is 5.75. The predicted octanol–water partition coefficient (Wildman–Crippen LogP) is 0.256. The molecule has 1 rings (SSSR count). The van der Waals surface area contributed by atoms with Crippen LogP contribution in [0.25, 0.3) is 0 Å². The zero-order valence-electron chi connectivity index (χ0n) is 7.20. The summed E-state index contributed by atoms with van der Waals surface area (Å²) in [6.45, 7) is 1.60. The van der Waals surface area contributed by atoms with Crippen molar-refractivity contribution in [1.82, 2.24) is 4.90 Å². The van der Waals surface area contributed by atoms with Gasteiger partial charge >= 0.3 is 0 Å². The Morgan fingerprint density at radius 2 is 2.42 bits per heavy atom. The Kier molecular flexibility index (Phi) is 3.88. The van der Waals surface area contributed by atoms with Gasteiger partial charge in [0, 0.05) is 25.6 Å². The van der Waals surface area contributed by atoms with E-state index in [1.165, 1.54) is 0 Å². The maximum Gasteiger partial charge on any atom is 0.223 e. The molecule has 1 atom stereocenters. The molecule has 2 N–H and O–H groups in total. The Labute approximate surface area is 78.7 Å². The molecule has 1 amide bonds. The number of amides is 1. The molecule has 1 unspecified atom stereocenters. The van der Waals surface area contributed by atoms with E-state index in [1.54, 1.807) is 0 Å². The van der Waals surface area contributed by atoms with Gasteiger partial charge in [0.15, 0.2) is 0 Å². The first-order valence-electron chi connectivity index (χ1n) is 4.38. The summed E-state index contributed by atoms with van der Waals surface area (Å²) in [6, 6.07) is 0.183. The van der Waals surface area contributed by atoms with Gasteiger partial charge in [0.05, 0.1) is 0 Å². The summed E-state index contributed by atoms with van der Waals surface area (Å²) in [5, 5.41) is 0. The third kappa shape index (κ3) is 2.68. The number of likely N-dealkylation sites (tertiary alicyclic amines) is 1. The molecule has 4 heteroatoms. The van der Waals surface area contributed by atoms with E-state index in [-0.39, 0.29) is 11.9 Å². The molecule has 0 aromatic rings. The second kappa shape index (κ2) is 4.72. The number of nitrogens with two attached hydrogens (primary N) is 1. The molecule has 0 aromatic heterocycles. The van der Waals surface area contributed by atoms with Crippen LogP contribution in [0.5, 0.6) is 0 Å². The summed E-state index contributed by atoms with van der Waals surface area (Å²) in [5.74, 6) is 0.824. The Hall–Kier alpha value is -0.220. The SMILES string of the molecule is NC1CCCN(C(=O)CCS)C1. The molecule has 1 fully saturated rings. The first-order chi connectivity index (χ1) is 5.74. The van der Waals surface area contributed by atoms with Crippen molar-refractivity contribution in [2.75, 3.05) is 18.8 Å². The van der Waals surface area contributed by atoms with Crippen LogP contribution in [-0.4, -0.2) is 35.7 Å². The van der Waals surface area contributed by atoms with Crippen molar-refractivity contribution in [3.05, 3.63) is 0 Å². The van der Waals surface area contributed by atoms with Gasteiger partial charge in [-0.1, -0.05) is 0 Å². The lowest BCUT2D eigenvalue weighted by atomic mass is 10.1. The van der Waals surface area contributed by atoms with Gasteiger partial charge < -0.3 is 10.6 Å². The minimum Gasteiger partial charge on any atom is -0.341 e. The Morgan fingerprint density at radius 3 is 3.00 bits per heavy atom. The summed E-state index contributed by atoms with van der Waals surface area (Å²) in [7, 11) is 0. The number of hydrogen-bond acceptors (Lipinski definition) is 3. The van der Waals surface area contributed by atoms with Gasteiger partial charge in [-0.2, -0.15) is 12.6 Å². The average Bonchev–Trinajstić information content (AvgIpc) is 2.05. The summed E-state index contributed by atoms with van der Waals surface area (Å²) >= 11 is 4.02. The van der Waals surface area contributed by atoms with Gasteiger partial charge in [0.1, 0.15) is 0 Å². The smallest absolute Gasteiger partial charge is 0.223 e. The fourth-order valence-corrected chi connectivity index (χ4v) is 1.68. The third-order valence-electron chi connectivity index (χ3n) is 2.14. The van der Waals surface area contributed by atoms with Crippen molar-refractivity contribution in [3.63, 3.8) is 0 Å². The lowest BCUT2D eigenvalue weighted by molar-refractivity contribution is -0.131. The van der Waals surface area contributed by atoms with Gasteiger partial charge in [-0.25, -0.2) is 0 Å². The minimum atomic E-state index is 0.183. The van der Waals surface area contributed by atoms with Crippen LogP contribution < -0.4 is 5.73 Å². The van der Waals surface area contributed by atoms with Gasteiger partial charge in [0.2, 0.25) is 5.91 Å². The standard InChI is InChI=1S/C8H16N2OS/c9-7-2-1-4-10(6-7)8(11)3-5-12/h7,12H,1-6,9H2. The van der Waals surface area contributed by atoms with E-state index >= 15 is 0 Å². The molecule has 1 heterocycles. The van der Waals surface area contributed by atoms with Gasteiger partial charge in [0.25, 0.3) is 0 Å². The van der Waals surface area contributed by atoms with E-state index in [4.69, 9.17) is 5.73 Å². The number of carbonyl (C=O) groups is 1. The molecule has 0 aromatic carbocycles. The monoisotopic (exact) mass is 188 g/mol. The second-order valence-electron chi connectivity index (χ2n) is 3.22. The number of carbonyl (C=O) groups excluding carboxylic acids is 1. The fraction of sp³-hybridized carbons (Fsp3) is 0.875. The largest absolute Gasteiger partial charge is 0.341 e. The van der Waals surface area contributed by atoms with Gasteiger partial charge in [-0.15, -0.1) is 0 Å². The second-order valence-corrected chi connectivity index (χ2v) is 3.66. The Morgan fingerprint density at radius 1 is 1.67 bits per heavy atom. The predicted molar refractivity (Wildman–Crippen MR) is 52.3 cm³/mol. The van der Waals surface area contributed by atoms with E-state index in [2.05, 4.69) is 12.6 Å². The molecular weight excluding hydrogens is 172 g/mol. The number of thiol groups is 1. The lowest BCUT2D eigenvalue weighted by Crippen LogP contribution is -2.45. The first-order valence-corrected chi connectivity index (χ1v) is 5.01. The van der Waals surface area contributed by atoms with Crippen LogP contribution in [0.3, 0.4) is 0 Å². The number of rotatable bonds is 2. The molecule has 3 nitrogen and oxygen atoms in total. The molecule has 1 aliphatic heterocycles. The first kappa shape index (κ1) is 9.86. The Bertz CT molecular complexity index is 163. The highest BCUT2D eigenvalue weighted by Crippen LogP contribution is 2.09. The fourth-order valence-electron chi connectivity index (χ4n) is 1.49. The van der Waals surface area contributed by atoms with E-state index in [9.17, 15) is 4.79 Å². The molecule has 0 aliphatic carbocycles. The van der Waals surface area contributed by atoms with Crippen molar-refractivity contribution in [2.24, 2.45) is 5.73 Å². The lowest BCUT2D eigenvalue weighted by Gasteiger charge is -2.30. The molecule has 0 radical (unpaired) electrons. The van der Waals surface area contributed by atoms with Crippen molar-refractivity contribution in [1.29, 1.82) is 0 Å².